The van der Waals surface area contributed by atoms with Gasteiger partial charge < -0.3 is 20.7 Å². The molecule has 1 fully saturated rings. The van der Waals surface area contributed by atoms with Crippen LogP contribution in [-0.4, -0.2) is 37.2 Å². The minimum atomic E-state index is -0.100. The van der Waals surface area contributed by atoms with Gasteiger partial charge in [0.2, 0.25) is 0 Å². The number of urea groups is 1. The lowest BCUT2D eigenvalue weighted by molar-refractivity contribution is 0.133. The highest BCUT2D eigenvalue weighted by Gasteiger charge is 2.31. The Bertz CT molecular complexity index is 464. The molecule has 0 bridgehead atoms. The van der Waals surface area contributed by atoms with Crippen LogP contribution < -0.4 is 15.8 Å². The van der Waals surface area contributed by atoms with E-state index < -0.39 is 0 Å². The van der Waals surface area contributed by atoms with Gasteiger partial charge in [-0.1, -0.05) is 19.1 Å². The van der Waals surface area contributed by atoms with E-state index in [0.717, 1.165) is 19.4 Å². The molecule has 1 aliphatic heterocycles. The van der Waals surface area contributed by atoms with Gasteiger partial charge in [0.1, 0.15) is 5.75 Å². The van der Waals surface area contributed by atoms with Gasteiger partial charge in [-0.3, -0.25) is 0 Å². The number of para-hydroxylation sites is 2. The Hall–Kier alpha value is -1.75. The van der Waals surface area contributed by atoms with Gasteiger partial charge >= 0.3 is 6.03 Å². The first-order chi connectivity index (χ1) is 9.67. The average molecular weight is 277 g/mol. The number of hydrogen-bond acceptors (Lipinski definition) is 3. The second-order valence-corrected chi connectivity index (χ2v) is 5.25. The number of benzene rings is 1. The Morgan fingerprint density at radius 1 is 1.50 bits per heavy atom. The van der Waals surface area contributed by atoms with Crippen LogP contribution in [0.15, 0.2) is 24.3 Å². The highest BCUT2D eigenvalue weighted by Crippen LogP contribution is 2.26. The number of amides is 2. The molecule has 2 amide bonds. The second kappa shape index (κ2) is 6.61. The normalized spacial score (nSPS) is 22.4. The lowest BCUT2D eigenvalue weighted by Crippen LogP contribution is -2.52. The van der Waals surface area contributed by atoms with Crippen LogP contribution in [0.3, 0.4) is 0 Å². The summed E-state index contributed by atoms with van der Waals surface area (Å²) in [6, 6.07) is 7.42. The van der Waals surface area contributed by atoms with Crippen LogP contribution in [0.1, 0.15) is 19.8 Å². The molecule has 3 N–H and O–H groups in total. The molecule has 1 aliphatic rings. The van der Waals surface area contributed by atoms with E-state index in [0.29, 0.717) is 23.9 Å². The first-order valence-corrected chi connectivity index (χ1v) is 7.08. The molecule has 1 heterocycles. The summed E-state index contributed by atoms with van der Waals surface area (Å²) in [5, 5.41) is 2.92. The Labute approximate surface area is 120 Å². The van der Waals surface area contributed by atoms with Crippen molar-refractivity contribution in [2.75, 3.05) is 25.5 Å². The first-order valence-electron chi connectivity index (χ1n) is 7.08. The van der Waals surface area contributed by atoms with Crippen LogP contribution in [0, 0.1) is 5.92 Å². The molecule has 1 aromatic carbocycles. The lowest BCUT2D eigenvalue weighted by Gasteiger charge is -2.39. The number of methoxy groups -OCH3 is 1. The SMILES string of the molecule is COc1ccccc1NC(=O)N1CCCC(C)C1CN. The van der Waals surface area contributed by atoms with Crippen LogP contribution in [0.25, 0.3) is 0 Å². The van der Waals surface area contributed by atoms with Gasteiger partial charge in [0.25, 0.3) is 0 Å². The largest absolute Gasteiger partial charge is 0.495 e. The predicted octanol–water partition coefficient (Wildman–Crippen LogP) is 2.29. The third-order valence-electron chi connectivity index (χ3n) is 3.97. The van der Waals surface area contributed by atoms with Crippen LogP contribution in [0.4, 0.5) is 10.5 Å². The summed E-state index contributed by atoms with van der Waals surface area (Å²) in [7, 11) is 1.59. The van der Waals surface area contributed by atoms with Crippen molar-refractivity contribution in [2.45, 2.75) is 25.8 Å². The summed E-state index contributed by atoms with van der Waals surface area (Å²) >= 11 is 0. The highest BCUT2D eigenvalue weighted by atomic mass is 16.5. The van der Waals surface area contributed by atoms with Gasteiger partial charge in [-0.05, 0) is 30.9 Å². The Morgan fingerprint density at radius 2 is 2.25 bits per heavy atom. The average Bonchev–Trinajstić information content (AvgIpc) is 2.47. The molecule has 1 saturated heterocycles. The van der Waals surface area contributed by atoms with E-state index in [1.165, 1.54) is 0 Å². The summed E-state index contributed by atoms with van der Waals surface area (Å²) in [5.41, 5.74) is 6.51. The van der Waals surface area contributed by atoms with Crippen molar-refractivity contribution in [1.29, 1.82) is 0 Å². The number of rotatable bonds is 3. The zero-order valence-electron chi connectivity index (χ0n) is 12.1. The molecule has 110 valence electrons. The van der Waals surface area contributed by atoms with Gasteiger partial charge in [-0.2, -0.15) is 0 Å². The minimum Gasteiger partial charge on any atom is -0.495 e. The monoisotopic (exact) mass is 277 g/mol. The fraction of sp³-hybridized carbons (Fsp3) is 0.533. The lowest BCUT2D eigenvalue weighted by atomic mass is 9.91. The van der Waals surface area contributed by atoms with Gasteiger partial charge in [0, 0.05) is 19.1 Å². The van der Waals surface area contributed by atoms with Crippen molar-refractivity contribution >= 4 is 11.7 Å². The zero-order valence-corrected chi connectivity index (χ0v) is 12.1. The first kappa shape index (κ1) is 14.7. The maximum absolute atomic E-state index is 12.5. The fourth-order valence-corrected chi connectivity index (χ4v) is 2.80. The quantitative estimate of drug-likeness (QED) is 0.890. The Morgan fingerprint density at radius 3 is 2.95 bits per heavy atom. The maximum Gasteiger partial charge on any atom is 0.322 e. The predicted molar refractivity (Wildman–Crippen MR) is 80.0 cm³/mol. The van der Waals surface area contributed by atoms with Crippen LogP contribution >= 0.6 is 0 Å². The third kappa shape index (κ3) is 3.04. The Kier molecular flexibility index (Phi) is 4.84. The van der Waals surface area contributed by atoms with Crippen molar-refractivity contribution in [3.05, 3.63) is 24.3 Å². The van der Waals surface area contributed by atoms with E-state index in [9.17, 15) is 4.79 Å². The molecule has 0 radical (unpaired) electrons. The van der Waals surface area contributed by atoms with Crippen molar-refractivity contribution < 1.29 is 9.53 Å². The molecular formula is C15H23N3O2. The highest BCUT2D eigenvalue weighted by molar-refractivity contribution is 5.91. The molecule has 1 aromatic rings. The summed E-state index contributed by atoms with van der Waals surface area (Å²) in [6.07, 6.45) is 2.15. The molecule has 0 spiro atoms. The number of nitrogens with one attached hydrogen (secondary N) is 1. The second-order valence-electron chi connectivity index (χ2n) is 5.25. The number of piperidine rings is 1. The summed E-state index contributed by atoms with van der Waals surface area (Å²) in [6.45, 7) is 3.41. The molecule has 0 aliphatic carbocycles. The zero-order chi connectivity index (χ0) is 14.5. The van der Waals surface area contributed by atoms with E-state index in [-0.39, 0.29) is 12.1 Å². The minimum absolute atomic E-state index is 0.100. The molecule has 2 unspecified atom stereocenters. The van der Waals surface area contributed by atoms with Gasteiger partial charge in [-0.25, -0.2) is 4.79 Å². The van der Waals surface area contributed by atoms with Gasteiger partial charge in [0.05, 0.1) is 12.8 Å². The number of likely N-dealkylation sites (tertiary alicyclic amines) is 1. The van der Waals surface area contributed by atoms with E-state index >= 15 is 0 Å². The molecule has 0 saturated carbocycles. The van der Waals surface area contributed by atoms with Crippen LogP contribution in [-0.2, 0) is 0 Å². The van der Waals surface area contributed by atoms with Crippen molar-refractivity contribution in [2.24, 2.45) is 11.7 Å². The van der Waals surface area contributed by atoms with Crippen LogP contribution in [0.5, 0.6) is 5.75 Å². The molecule has 5 heteroatoms. The Balaban J connectivity index is 2.10. The van der Waals surface area contributed by atoms with Crippen molar-refractivity contribution in [1.82, 2.24) is 4.90 Å². The number of carbonyl (C=O) groups is 1. The number of ether oxygens (including phenoxy) is 1. The van der Waals surface area contributed by atoms with Crippen molar-refractivity contribution in [3.8, 4) is 5.75 Å². The van der Waals surface area contributed by atoms with E-state index in [1.807, 2.05) is 29.2 Å². The number of nitrogens with two attached hydrogens (primary N) is 1. The fourth-order valence-electron chi connectivity index (χ4n) is 2.80. The molecule has 2 rings (SSSR count). The molecule has 20 heavy (non-hydrogen) atoms. The molecule has 2 atom stereocenters. The molecule has 5 nitrogen and oxygen atoms in total. The number of anilines is 1. The number of carbonyl (C=O) groups excluding carboxylic acids is 1. The smallest absolute Gasteiger partial charge is 0.322 e. The van der Waals surface area contributed by atoms with E-state index in [2.05, 4.69) is 12.2 Å². The van der Waals surface area contributed by atoms with Gasteiger partial charge in [-0.15, -0.1) is 0 Å². The standard InChI is InChI=1S/C15H23N3O2/c1-11-6-5-9-18(13(11)10-16)15(19)17-12-7-3-4-8-14(12)20-2/h3-4,7-8,11,13H,5-6,9-10,16H2,1-2H3,(H,17,19). The maximum atomic E-state index is 12.5. The van der Waals surface area contributed by atoms with Crippen molar-refractivity contribution in [3.63, 3.8) is 0 Å². The number of hydrogen-bond donors (Lipinski definition) is 2. The number of nitrogens with zero attached hydrogens (tertiary/aromatic N) is 1. The summed E-state index contributed by atoms with van der Waals surface area (Å²) in [4.78, 5) is 14.3. The summed E-state index contributed by atoms with van der Waals surface area (Å²) in [5.74, 6) is 1.10. The molecular weight excluding hydrogens is 254 g/mol. The van der Waals surface area contributed by atoms with Gasteiger partial charge in [0.15, 0.2) is 0 Å². The van der Waals surface area contributed by atoms with E-state index in [1.54, 1.807) is 7.11 Å². The van der Waals surface area contributed by atoms with E-state index in [4.69, 9.17) is 10.5 Å². The topological polar surface area (TPSA) is 67.6 Å². The summed E-state index contributed by atoms with van der Waals surface area (Å²) < 4.78 is 5.25. The molecule has 0 aromatic heterocycles. The van der Waals surface area contributed by atoms with Crippen LogP contribution in [0.2, 0.25) is 0 Å². The third-order valence-corrected chi connectivity index (χ3v) is 3.97.